The minimum Gasteiger partial charge on any atom is -0.508 e. The monoisotopic (exact) mass is 587 g/mol. The molecular weight excluding hydrogens is 550 g/mol. The summed E-state index contributed by atoms with van der Waals surface area (Å²) in [7, 11) is 0. The van der Waals surface area contributed by atoms with E-state index in [2.05, 4.69) is 21.3 Å². The molecule has 0 radical (unpaired) electrons. The summed E-state index contributed by atoms with van der Waals surface area (Å²) in [6.07, 6.45) is 2.33. The second kappa shape index (κ2) is 16.9. The number of rotatable bonds is 16. The lowest BCUT2D eigenvalue weighted by Crippen LogP contribution is -2.56. The lowest BCUT2D eigenvalue weighted by Gasteiger charge is -2.23. The summed E-state index contributed by atoms with van der Waals surface area (Å²) in [5, 5.41) is 28.8. The highest BCUT2D eigenvalue weighted by Crippen LogP contribution is 2.11. The minimum absolute atomic E-state index is 0.0872. The minimum atomic E-state index is -1.18. The normalized spacial score (nSPS) is 13.6. The molecule has 0 aromatic heterocycles. The van der Waals surface area contributed by atoms with Crippen LogP contribution in [0.1, 0.15) is 24.5 Å². The summed E-state index contributed by atoms with van der Waals surface area (Å²) in [5.41, 5.74) is 7.38. The van der Waals surface area contributed by atoms with Crippen molar-refractivity contribution in [3.05, 3.63) is 65.7 Å². The summed E-state index contributed by atoms with van der Waals surface area (Å²) < 4.78 is 0. The van der Waals surface area contributed by atoms with Gasteiger partial charge < -0.3 is 37.2 Å². The van der Waals surface area contributed by atoms with Crippen molar-refractivity contribution in [3.8, 4) is 5.75 Å². The zero-order chi connectivity index (χ0) is 30.4. The number of phenolic OH excluding ortho intramolecular Hbond substituents is 1. The van der Waals surface area contributed by atoms with Gasteiger partial charge >= 0.3 is 5.97 Å². The van der Waals surface area contributed by atoms with Crippen LogP contribution < -0.4 is 27.0 Å². The first-order valence-corrected chi connectivity index (χ1v) is 14.4. The smallest absolute Gasteiger partial charge is 0.326 e. The number of carboxylic acid groups (broad SMARTS) is 1. The second-order valence-corrected chi connectivity index (χ2v) is 10.4. The topological polar surface area (TPSA) is 200 Å². The van der Waals surface area contributed by atoms with E-state index < -0.39 is 60.3 Å². The number of carboxylic acids is 1. The number of thioether (sulfide) groups is 1. The predicted octanol–water partition coefficient (Wildman–Crippen LogP) is -0.0671. The van der Waals surface area contributed by atoms with Gasteiger partial charge in [-0.2, -0.15) is 11.8 Å². The lowest BCUT2D eigenvalue weighted by molar-refractivity contribution is -0.142. The Bertz CT molecular complexity index is 1180. The summed E-state index contributed by atoms with van der Waals surface area (Å²) in [6, 6.07) is 10.9. The van der Waals surface area contributed by atoms with Gasteiger partial charge in [0, 0.05) is 6.42 Å². The lowest BCUT2D eigenvalue weighted by atomic mass is 10.0. The number of hydrogen-bond donors (Lipinski definition) is 7. The Morgan fingerprint density at radius 3 is 2.05 bits per heavy atom. The number of hydrogen-bond acceptors (Lipinski definition) is 8. The molecule has 8 N–H and O–H groups in total. The van der Waals surface area contributed by atoms with E-state index in [-0.39, 0.29) is 25.0 Å². The number of amides is 4. The number of nitrogens with two attached hydrogens (primary N) is 1. The number of carbonyl (C=O) groups is 5. The van der Waals surface area contributed by atoms with E-state index in [0.29, 0.717) is 5.75 Å². The van der Waals surface area contributed by atoms with E-state index in [1.807, 2.05) is 6.26 Å². The number of nitrogens with one attached hydrogen (secondary N) is 4. The van der Waals surface area contributed by atoms with Gasteiger partial charge in [0.25, 0.3) is 0 Å². The third-order valence-corrected chi connectivity index (χ3v) is 6.71. The summed E-state index contributed by atoms with van der Waals surface area (Å²) in [5.74, 6) is -3.12. The maximum atomic E-state index is 13.0. The van der Waals surface area contributed by atoms with Crippen LogP contribution in [0.5, 0.6) is 5.75 Å². The number of phenols is 1. The molecule has 222 valence electrons. The summed E-state index contributed by atoms with van der Waals surface area (Å²) >= 11 is 1.45. The van der Waals surface area contributed by atoms with E-state index in [1.54, 1.807) is 42.5 Å². The highest BCUT2D eigenvalue weighted by Gasteiger charge is 2.28. The molecule has 0 aliphatic carbocycles. The Kier molecular flexibility index (Phi) is 13.6. The molecule has 0 saturated heterocycles. The predicted molar refractivity (Wildman–Crippen MR) is 155 cm³/mol. The van der Waals surface area contributed by atoms with E-state index in [1.165, 1.54) is 30.8 Å². The van der Waals surface area contributed by atoms with Gasteiger partial charge in [0.05, 0.1) is 12.6 Å². The quantitative estimate of drug-likeness (QED) is 0.140. The van der Waals surface area contributed by atoms with Crippen molar-refractivity contribution in [2.45, 2.75) is 50.4 Å². The van der Waals surface area contributed by atoms with E-state index in [0.717, 1.165) is 11.1 Å². The fraction of sp³-hybridized carbons (Fsp3) is 0.393. The van der Waals surface area contributed by atoms with Gasteiger partial charge in [0.15, 0.2) is 0 Å². The maximum Gasteiger partial charge on any atom is 0.326 e. The SMILES string of the molecule is CSCC[C@H](NC(=O)[C@H](Cc1ccccc1)NC(=O)[C@@H](C)NC(=O)CNC(=O)[C@@H](N)Cc1ccc(O)cc1)C(=O)O. The molecule has 0 spiro atoms. The molecule has 2 aromatic rings. The van der Waals surface area contributed by atoms with Crippen molar-refractivity contribution in [3.63, 3.8) is 0 Å². The molecule has 4 atom stereocenters. The summed E-state index contributed by atoms with van der Waals surface area (Å²) in [4.78, 5) is 62.3. The molecule has 0 aliphatic heterocycles. The van der Waals surface area contributed by atoms with E-state index >= 15 is 0 Å². The van der Waals surface area contributed by atoms with Crippen LogP contribution >= 0.6 is 11.8 Å². The van der Waals surface area contributed by atoms with Crippen LogP contribution in [0.4, 0.5) is 0 Å². The van der Waals surface area contributed by atoms with E-state index in [9.17, 15) is 34.2 Å². The molecule has 0 unspecified atom stereocenters. The van der Waals surface area contributed by atoms with Gasteiger partial charge in [0.1, 0.15) is 23.9 Å². The molecular formula is C28H37N5O7S. The highest BCUT2D eigenvalue weighted by atomic mass is 32.2. The number of carbonyl (C=O) groups excluding carboxylic acids is 4. The fourth-order valence-corrected chi connectivity index (χ4v) is 4.23. The Morgan fingerprint density at radius 2 is 1.44 bits per heavy atom. The average molecular weight is 588 g/mol. The van der Waals surface area contributed by atoms with Crippen LogP contribution in [0.2, 0.25) is 0 Å². The van der Waals surface area contributed by atoms with Gasteiger partial charge in [-0.25, -0.2) is 4.79 Å². The van der Waals surface area contributed by atoms with Crippen LogP contribution in [-0.4, -0.2) is 82.5 Å². The summed E-state index contributed by atoms with van der Waals surface area (Å²) in [6.45, 7) is 0.991. The van der Waals surface area contributed by atoms with Crippen molar-refractivity contribution >= 4 is 41.4 Å². The number of aromatic hydroxyl groups is 1. The average Bonchev–Trinajstić information content (AvgIpc) is 2.94. The third-order valence-electron chi connectivity index (χ3n) is 6.06. The first-order chi connectivity index (χ1) is 19.5. The van der Waals surface area contributed by atoms with Crippen molar-refractivity contribution < 1.29 is 34.2 Å². The van der Waals surface area contributed by atoms with Crippen LogP contribution in [-0.2, 0) is 36.8 Å². The van der Waals surface area contributed by atoms with Crippen LogP contribution in [0.3, 0.4) is 0 Å². The first-order valence-electron chi connectivity index (χ1n) is 13.0. The Balaban J connectivity index is 1.94. The first kappa shape index (κ1) is 33.1. The third kappa shape index (κ3) is 11.9. The van der Waals surface area contributed by atoms with Crippen LogP contribution in [0.25, 0.3) is 0 Å². The molecule has 0 fully saturated rings. The van der Waals surface area contributed by atoms with Crippen LogP contribution in [0, 0.1) is 0 Å². The molecule has 0 bridgehead atoms. The molecule has 4 amide bonds. The number of aliphatic carboxylic acids is 1. The van der Waals surface area contributed by atoms with E-state index in [4.69, 9.17) is 5.73 Å². The highest BCUT2D eigenvalue weighted by molar-refractivity contribution is 7.98. The standard InChI is InChI=1S/C28H37N5O7S/c1-17(31-24(35)16-30-26(37)21(29)14-19-8-10-20(34)11-9-19)25(36)33-23(15-18-6-4-3-5-7-18)27(38)32-22(28(39)40)12-13-41-2/h3-11,17,21-23,34H,12-16,29H2,1-2H3,(H,30,37)(H,31,35)(H,32,38)(H,33,36)(H,39,40)/t17-,21+,22+,23+/m1/s1. The van der Waals surface area contributed by atoms with Gasteiger partial charge in [-0.1, -0.05) is 42.5 Å². The van der Waals surface area contributed by atoms with Gasteiger partial charge in [-0.05, 0) is 55.0 Å². The van der Waals surface area contributed by atoms with Crippen molar-refractivity contribution in [2.24, 2.45) is 5.73 Å². The molecule has 0 aliphatic rings. The Hall–Kier alpha value is -4.10. The fourth-order valence-electron chi connectivity index (χ4n) is 3.76. The Labute approximate surface area is 242 Å². The molecule has 2 aromatic carbocycles. The molecule has 41 heavy (non-hydrogen) atoms. The molecule has 13 heteroatoms. The molecule has 0 saturated carbocycles. The largest absolute Gasteiger partial charge is 0.508 e. The maximum absolute atomic E-state index is 13.0. The van der Waals surface area contributed by atoms with Crippen molar-refractivity contribution in [2.75, 3.05) is 18.6 Å². The van der Waals surface area contributed by atoms with Crippen molar-refractivity contribution in [1.82, 2.24) is 21.3 Å². The molecule has 12 nitrogen and oxygen atoms in total. The van der Waals surface area contributed by atoms with Gasteiger partial charge in [-0.3, -0.25) is 19.2 Å². The zero-order valence-corrected chi connectivity index (χ0v) is 23.8. The molecule has 0 heterocycles. The van der Waals surface area contributed by atoms with Gasteiger partial charge in [0.2, 0.25) is 23.6 Å². The second-order valence-electron chi connectivity index (χ2n) is 9.42. The molecule has 2 rings (SSSR count). The number of benzene rings is 2. The van der Waals surface area contributed by atoms with Crippen molar-refractivity contribution in [1.29, 1.82) is 0 Å². The zero-order valence-electron chi connectivity index (χ0n) is 23.0. The van der Waals surface area contributed by atoms with Crippen LogP contribution in [0.15, 0.2) is 54.6 Å². The Morgan fingerprint density at radius 1 is 0.829 bits per heavy atom. The van der Waals surface area contributed by atoms with Gasteiger partial charge in [-0.15, -0.1) is 0 Å².